The van der Waals surface area contributed by atoms with E-state index >= 15 is 0 Å². The van der Waals surface area contributed by atoms with E-state index in [1.807, 2.05) is 26.2 Å². The molecule has 19 heavy (non-hydrogen) atoms. The van der Waals surface area contributed by atoms with Crippen molar-refractivity contribution in [3.63, 3.8) is 0 Å². The molecule has 1 aliphatic carbocycles. The highest BCUT2D eigenvalue weighted by molar-refractivity contribution is 6.34. The van der Waals surface area contributed by atoms with Gasteiger partial charge in [0, 0.05) is 20.6 Å². The SMILES string of the molecule is CC1CCC(CNc2cccc(Cl)c2N(C)C)CC1. The van der Waals surface area contributed by atoms with Gasteiger partial charge in [-0.25, -0.2) is 0 Å². The lowest BCUT2D eigenvalue weighted by Crippen LogP contribution is -2.21. The number of rotatable bonds is 4. The highest BCUT2D eigenvalue weighted by atomic mass is 35.5. The third kappa shape index (κ3) is 3.79. The second-order valence-corrected chi connectivity index (χ2v) is 6.44. The summed E-state index contributed by atoms with van der Waals surface area (Å²) in [5, 5.41) is 4.41. The molecule has 1 aromatic carbocycles. The largest absolute Gasteiger partial charge is 0.383 e. The Morgan fingerprint density at radius 2 is 1.89 bits per heavy atom. The molecule has 1 aliphatic rings. The second kappa shape index (κ2) is 6.51. The molecule has 1 aromatic rings. The van der Waals surface area contributed by atoms with Gasteiger partial charge in [-0.1, -0.05) is 37.4 Å². The Bertz CT molecular complexity index is 409. The molecule has 0 heterocycles. The normalized spacial score (nSPS) is 23.2. The van der Waals surface area contributed by atoms with Crippen LogP contribution < -0.4 is 10.2 Å². The lowest BCUT2D eigenvalue weighted by atomic mass is 9.83. The molecule has 1 fully saturated rings. The number of benzene rings is 1. The van der Waals surface area contributed by atoms with E-state index in [0.29, 0.717) is 0 Å². The quantitative estimate of drug-likeness (QED) is 0.864. The number of para-hydroxylation sites is 1. The van der Waals surface area contributed by atoms with Crippen molar-refractivity contribution in [2.45, 2.75) is 32.6 Å². The topological polar surface area (TPSA) is 15.3 Å². The average molecular weight is 281 g/mol. The highest BCUT2D eigenvalue weighted by Crippen LogP contribution is 2.34. The fraction of sp³-hybridized carbons (Fsp3) is 0.625. The van der Waals surface area contributed by atoms with Crippen LogP contribution in [0.1, 0.15) is 32.6 Å². The highest BCUT2D eigenvalue weighted by Gasteiger charge is 2.18. The van der Waals surface area contributed by atoms with Gasteiger partial charge in [-0.2, -0.15) is 0 Å². The first-order valence-corrected chi connectivity index (χ1v) is 7.65. The van der Waals surface area contributed by atoms with Gasteiger partial charge in [0.05, 0.1) is 16.4 Å². The molecule has 0 unspecified atom stereocenters. The fourth-order valence-corrected chi connectivity index (χ4v) is 3.24. The third-order valence-corrected chi connectivity index (χ3v) is 4.46. The minimum atomic E-state index is 0.810. The molecule has 2 nitrogen and oxygen atoms in total. The van der Waals surface area contributed by atoms with Gasteiger partial charge >= 0.3 is 0 Å². The van der Waals surface area contributed by atoms with Crippen molar-refractivity contribution in [3.8, 4) is 0 Å². The maximum Gasteiger partial charge on any atom is 0.0786 e. The zero-order valence-electron chi connectivity index (χ0n) is 12.2. The monoisotopic (exact) mass is 280 g/mol. The average Bonchev–Trinajstić information content (AvgIpc) is 2.37. The molecule has 0 aliphatic heterocycles. The summed E-state index contributed by atoms with van der Waals surface area (Å²) in [7, 11) is 4.07. The number of nitrogens with zero attached hydrogens (tertiary/aromatic N) is 1. The molecular weight excluding hydrogens is 256 g/mol. The summed E-state index contributed by atoms with van der Waals surface area (Å²) in [6.45, 7) is 3.43. The van der Waals surface area contributed by atoms with E-state index in [1.165, 1.54) is 25.7 Å². The summed E-state index contributed by atoms with van der Waals surface area (Å²) in [6.07, 6.45) is 5.46. The second-order valence-electron chi connectivity index (χ2n) is 6.04. The molecule has 0 saturated heterocycles. The molecule has 0 radical (unpaired) electrons. The van der Waals surface area contributed by atoms with Gasteiger partial charge in [-0.3, -0.25) is 0 Å². The van der Waals surface area contributed by atoms with Gasteiger partial charge in [-0.15, -0.1) is 0 Å². The molecule has 1 saturated carbocycles. The standard InChI is InChI=1S/C16H25ClN2/c1-12-7-9-13(10-8-12)11-18-15-6-4-5-14(17)16(15)19(2)3/h4-6,12-13,18H,7-11H2,1-3H3. The van der Waals surface area contributed by atoms with Crippen molar-refractivity contribution in [3.05, 3.63) is 23.2 Å². The predicted octanol–water partition coefficient (Wildman–Crippen LogP) is 4.64. The van der Waals surface area contributed by atoms with Crippen LogP contribution in [0, 0.1) is 11.8 Å². The molecule has 0 amide bonds. The number of halogens is 1. The summed E-state index contributed by atoms with van der Waals surface area (Å²) in [5.74, 6) is 1.73. The van der Waals surface area contributed by atoms with Crippen LogP contribution in [0.25, 0.3) is 0 Å². The van der Waals surface area contributed by atoms with E-state index in [1.54, 1.807) is 0 Å². The lowest BCUT2D eigenvalue weighted by Gasteiger charge is -2.27. The predicted molar refractivity (Wildman–Crippen MR) is 85.4 cm³/mol. The van der Waals surface area contributed by atoms with Crippen molar-refractivity contribution < 1.29 is 0 Å². The first-order valence-electron chi connectivity index (χ1n) is 7.27. The minimum Gasteiger partial charge on any atom is -0.383 e. The molecule has 2 rings (SSSR count). The Labute approximate surface area is 122 Å². The van der Waals surface area contributed by atoms with E-state index in [4.69, 9.17) is 11.6 Å². The van der Waals surface area contributed by atoms with Gasteiger partial charge < -0.3 is 10.2 Å². The van der Waals surface area contributed by atoms with Crippen molar-refractivity contribution in [1.82, 2.24) is 0 Å². The van der Waals surface area contributed by atoms with E-state index in [2.05, 4.69) is 23.2 Å². The fourth-order valence-electron chi connectivity index (χ4n) is 2.90. The van der Waals surface area contributed by atoms with Crippen LogP contribution in [0.15, 0.2) is 18.2 Å². The van der Waals surface area contributed by atoms with Crippen LogP contribution in [-0.4, -0.2) is 20.6 Å². The van der Waals surface area contributed by atoms with E-state index < -0.39 is 0 Å². The van der Waals surface area contributed by atoms with Gasteiger partial charge in [0.1, 0.15) is 0 Å². The molecular formula is C16H25ClN2. The Kier molecular flexibility index (Phi) is 4.98. The number of anilines is 2. The number of hydrogen-bond donors (Lipinski definition) is 1. The summed E-state index contributed by atoms with van der Waals surface area (Å²) < 4.78 is 0. The number of nitrogens with one attached hydrogen (secondary N) is 1. The van der Waals surface area contributed by atoms with Crippen LogP contribution in [0.4, 0.5) is 11.4 Å². The zero-order valence-corrected chi connectivity index (χ0v) is 13.0. The maximum absolute atomic E-state index is 6.28. The lowest BCUT2D eigenvalue weighted by molar-refractivity contribution is 0.300. The summed E-state index contributed by atoms with van der Waals surface area (Å²) in [4.78, 5) is 2.08. The Morgan fingerprint density at radius 1 is 1.21 bits per heavy atom. The summed E-state index contributed by atoms with van der Waals surface area (Å²) >= 11 is 6.28. The van der Waals surface area contributed by atoms with E-state index in [0.717, 1.165) is 34.8 Å². The Balaban J connectivity index is 1.98. The van der Waals surface area contributed by atoms with Crippen LogP contribution >= 0.6 is 11.6 Å². The Hall–Kier alpha value is -0.890. The van der Waals surface area contributed by atoms with Crippen molar-refractivity contribution >= 4 is 23.0 Å². The molecule has 0 bridgehead atoms. The van der Waals surface area contributed by atoms with Gasteiger partial charge in [0.2, 0.25) is 0 Å². The van der Waals surface area contributed by atoms with E-state index in [9.17, 15) is 0 Å². The van der Waals surface area contributed by atoms with Crippen molar-refractivity contribution in [2.75, 3.05) is 30.9 Å². The first kappa shape index (κ1) is 14.5. The van der Waals surface area contributed by atoms with Gasteiger partial charge in [-0.05, 0) is 36.8 Å². The summed E-state index contributed by atoms with van der Waals surface area (Å²) in [6, 6.07) is 6.08. The molecule has 3 heteroatoms. The minimum absolute atomic E-state index is 0.810. The smallest absolute Gasteiger partial charge is 0.0786 e. The zero-order chi connectivity index (χ0) is 13.8. The first-order chi connectivity index (χ1) is 9.08. The van der Waals surface area contributed by atoms with Crippen LogP contribution in [-0.2, 0) is 0 Å². The van der Waals surface area contributed by atoms with Crippen LogP contribution in [0.2, 0.25) is 5.02 Å². The molecule has 106 valence electrons. The molecule has 0 aromatic heterocycles. The summed E-state index contributed by atoms with van der Waals surface area (Å²) in [5.41, 5.74) is 2.24. The van der Waals surface area contributed by atoms with E-state index in [-0.39, 0.29) is 0 Å². The maximum atomic E-state index is 6.28. The number of hydrogen-bond acceptors (Lipinski definition) is 2. The molecule has 1 N–H and O–H groups in total. The van der Waals surface area contributed by atoms with Gasteiger partial charge in [0.25, 0.3) is 0 Å². The molecule has 0 atom stereocenters. The van der Waals surface area contributed by atoms with Crippen LogP contribution in [0.5, 0.6) is 0 Å². The third-order valence-electron chi connectivity index (χ3n) is 4.15. The van der Waals surface area contributed by atoms with Gasteiger partial charge in [0.15, 0.2) is 0 Å². The van der Waals surface area contributed by atoms with Crippen molar-refractivity contribution in [2.24, 2.45) is 11.8 Å². The molecule has 0 spiro atoms. The van der Waals surface area contributed by atoms with Crippen LogP contribution in [0.3, 0.4) is 0 Å². The Morgan fingerprint density at radius 3 is 2.53 bits per heavy atom. The van der Waals surface area contributed by atoms with Crippen molar-refractivity contribution in [1.29, 1.82) is 0 Å².